The molecule has 0 amide bonds. The predicted octanol–water partition coefficient (Wildman–Crippen LogP) is 14.8. The number of hydrogen-bond donors (Lipinski definition) is 0. The lowest BCUT2D eigenvalue weighted by molar-refractivity contribution is 1.07. The fraction of sp³-hybridized carbons (Fsp3) is 0. The summed E-state index contributed by atoms with van der Waals surface area (Å²) >= 11 is 0. The van der Waals surface area contributed by atoms with E-state index < -0.39 is 0 Å². The lowest BCUT2D eigenvalue weighted by Gasteiger charge is -2.12. The predicted molar refractivity (Wildman–Crippen MR) is 254 cm³/mol. The van der Waals surface area contributed by atoms with Crippen molar-refractivity contribution in [2.24, 2.45) is 0 Å². The number of nitrogens with zero attached hydrogens (tertiary/aromatic N) is 4. The summed E-state index contributed by atoms with van der Waals surface area (Å²) in [5, 5.41) is 9.85. The van der Waals surface area contributed by atoms with Gasteiger partial charge in [0.05, 0.1) is 11.0 Å². The Morgan fingerprint density at radius 3 is 1.41 bits per heavy atom. The van der Waals surface area contributed by atoms with Crippen LogP contribution in [-0.4, -0.2) is 19.5 Å². The van der Waals surface area contributed by atoms with Crippen LogP contribution in [0, 0.1) is 0 Å². The highest BCUT2D eigenvalue weighted by Crippen LogP contribution is 2.40. The van der Waals surface area contributed by atoms with Crippen LogP contribution in [-0.2, 0) is 0 Å². The molecule has 0 aliphatic rings. The Morgan fingerprint density at radius 1 is 0.279 bits per heavy atom. The van der Waals surface area contributed by atoms with Crippen molar-refractivity contribution in [2.75, 3.05) is 0 Å². The van der Waals surface area contributed by atoms with Crippen LogP contribution in [0.5, 0.6) is 0 Å². The van der Waals surface area contributed by atoms with E-state index in [0.29, 0.717) is 17.5 Å². The smallest absolute Gasteiger partial charge is 0.164 e. The third-order valence-electron chi connectivity index (χ3n) is 12.0. The largest absolute Gasteiger partial charge is 0.309 e. The van der Waals surface area contributed by atoms with Crippen LogP contribution in [0.25, 0.3) is 116 Å². The Bertz CT molecular complexity index is 3610. The molecule has 0 bridgehead atoms. The summed E-state index contributed by atoms with van der Waals surface area (Å²) in [5.74, 6) is 1.92. The quantitative estimate of drug-likeness (QED) is 0.169. The lowest BCUT2D eigenvalue weighted by atomic mass is 10.00. The fourth-order valence-corrected chi connectivity index (χ4v) is 8.98. The minimum absolute atomic E-state index is 0.636. The average Bonchev–Trinajstić information content (AvgIpc) is 3.70. The maximum Gasteiger partial charge on any atom is 0.164 e. The molecule has 0 radical (unpaired) electrons. The zero-order chi connectivity index (χ0) is 40.3. The molecule has 0 spiro atoms. The first-order chi connectivity index (χ1) is 30.2. The molecule has 0 saturated carbocycles. The minimum atomic E-state index is 0.636. The molecule has 4 heteroatoms. The number of fused-ring (bicyclic) bond motifs is 8. The van der Waals surface area contributed by atoms with Gasteiger partial charge in [-0.2, -0.15) is 0 Å². The molecule has 2 aromatic heterocycles. The van der Waals surface area contributed by atoms with Gasteiger partial charge in [0, 0.05) is 38.5 Å². The van der Waals surface area contributed by atoms with Crippen molar-refractivity contribution in [3.63, 3.8) is 0 Å². The first-order valence-corrected chi connectivity index (χ1v) is 20.7. The summed E-state index contributed by atoms with van der Waals surface area (Å²) < 4.78 is 2.44. The Hall–Kier alpha value is -8.21. The third-order valence-corrected chi connectivity index (χ3v) is 12.0. The van der Waals surface area contributed by atoms with Gasteiger partial charge in [-0.25, -0.2) is 15.0 Å². The van der Waals surface area contributed by atoms with Gasteiger partial charge < -0.3 is 4.57 Å². The summed E-state index contributed by atoms with van der Waals surface area (Å²) in [6.07, 6.45) is 0. The van der Waals surface area contributed by atoms with E-state index in [1.54, 1.807) is 0 Å². The number of hydrogen-bond acceptors (Lipinski definition) is 3. The van der Waals surface area contributed by atoms with E-state index in [9.17, 15) is 0 Å². The highest BCUT2D eigenvalue weighted by atomic mass is 15.0. The van der Waals surface area contributed by atoms with Gasteiger partial charge in [0.15, 0.2) is 17.5 Å². The Kier molecular flexibility index (Phi) is 8.13. The first-order valence-electron chi connectivity index (χ1n) is 20.7. The summed E-state index contributed by atoms with van der Waals surface area (Å²) in [5.41, 5.74) is 11.0. The van der Waals surface area contributed by atoms with Gasteiger partial charge in [-0.1, -0.05) is 188 Å². The van der Waals surface area contributed by atoms with Crippen LogP contribution in [0.3, 0.4) is 0 Å². The average molecular weight is 777 g/mol. The van der Waals surface area contributed by atoms with E-state index in [0.717, 1.165) is 38.9 Å². The number of rotatable bonds is 6. The van der Waals surface area contributed by atoms with Gasteiger partial charge in [-0.3, -0.25) is 0 Å². The summed E-state index contributed by atoms with van der Waals surface area (Å²) in [6.45, 7) is 0. The topological polar surface area (TPSA) is 43.6 Å². The summed E-state index contributed by atoms with van der Waals surface area (Å²) in [7, 11) is 0. The second-order valence-corrected chi connectivity index (χ2v) is 15.6. The van der Waals surface area contributed by atoms with Crippen molar-refractivity contribution < 1.29 is 0 Å². The van der Waals surface area contributed by atoms with Gasteiger partial charge in [0.2, 0.25) is 0 Å². The van der Waals surface area contributed by atoms with Crippen molar-refractivity contribution >= 4 is 54.1 Å². The lowest BCUT2D eigenvalue weighted by Crippen LogP contribution is -2.00. The van der Waals surface area contributed by atoms with E-state index in [1.165, 1.54) is 59.9 Å². The van der Waals surface area contributed by atoms with E-state index in [1.807, 2.05) is 36.4 Å². The van der Waals surface area contributed by atoms with Crippen LogP contribution < -0.4 is 0 Å². The minimum Gasteiger partial charge on any atom is -0.309 e. The summed E-state index contributed by atoms with van der Waals surface area (Å²) in [6, 6.07) is 77.6. The van der Waals surface area contributed by atoms with Crippen LogP contribution in [0.2, 0.25) is 0 Å². The van der Waals surface area contributed by atoms with Gasteiger partial charge in [-0.15, -0.1) is 0 Å². The Labute approximate surface area is 352 Å². The highest BCUT2D eigenvalue weighted by molar-refractivity contribution is 6.26. The molecule has 0 aliphatic carbocycles. The van der Waals surface area contributed by atoms with E-state index in [2.05, 4.69) is 187 Å². The van der Waals surface area contributed by atoms with E-state index >= 15 is 0 Å². The van der Waals surface area contributed by atoms with Crippen molar-refractivity contribution in [1.82, 2.24) is 19.5 Å². The molecular formula is C57H36N4. The Balaban J connectivity index is 0.910. The molecule has 284 valence electrons. The van der Waals surface area contributed by atoms with Crippen LogP contribution in [0.1, 0.15) is 0 Å². The second kappa shape index (κ2) is 14.3. The monoisotopic (exact) mass is 776 g/mol. The maximum absolute atomic E-state index is 5.08. The molecule has 12 aromatic rings. The molecule has 0 atom stereocenters. The fourth-order valence-electron chi connectivity index (χ4n) is 8.98. The molecule has 0 unspecified atom stereocenters. The highest BCUT2D eigenvalue weighted by Gasteiger charge is 2.18. The molecule has 4 nitrogen and oxygen atoms in total. The molecule has 61 heavy (non-hydrogen) atoms. The number of benzene rings is 10. The molecular weight excluding hydrogens is 741 g/mol. The second-order valence-electron chi connectivity index (χ2n) is 15.6. The molecule has 0 aliphatic heterocycles. The van der Waals surface area contributed by atoms with Crippen molar-refractivity contribution in [3.05, 3.63) is 218 Å². The SMILES string of the molecule is c1ccc(-c2ccc3cc(-c4nc(-c5ccccc5)nc(-c5ccc(-c6ccc(-n7c8ccc9ccccc9c8c8ccc9ccccc9c87)cc6)cc5)n4)ccc3c2)cc1. The van der Waals surface area contributed by atoms with Crippen LogP contribution >= 0.6 is 0 Å². The first kappa shape index (κ1) is 34.8. The van der Waals surface area contributed by atoms with Crippen LogP contribution in [0.4, 0.5) is 0 Å². The summed E-state index contributed by atoms with van der Waals surface area (Å²) in [4.78, 5) is 15.1. The van der Waals surface area contributed by atoms with Crippen molar-refractivity contribution in [3.8, 4) is 62.1 Å². The molecule has 0 N–H and O–H groups in total. The molecule has 0 saturated heterocycles. The standard InChI is InChI=1S/C57H36N4/c1-3-11-37(12-4-1)44-23-24-46-36-47(26-25-45(46)35-44)57-59-55(42-15-5-2-6-16-42)58-56(60-57)43-21-19-38(20-22-43)39-27-31-48(32-28-39)61-52-34-30-40-13-7-9-17-49(40)53(52)51-33-29-41-14-8-10-18-50(41)54(51)61/h1-36H. The van der Waals surface area contributed by atoms with Crippen LogP contribution in [0.15, 0.2) is 218 Å². The van der Waals surface area contributed by atoms with Crippen molar-refractivity contribution in [1.29, 1.82) is 0 Å². The van der Waals surface area contributed by atoms with Gasteiger partial charge in [0.25, 0.3) is 0 Å². The normalized spacial score (nSPS) is 11.6. The number of aromatic nitrogens is 4. The van der Waals surface area contributed by atoms with Gasteiger partial charge >= 0.3 is 0 Å². The molecule has 10 aromatic carbocycles. The zero-order valence-corrected chi connectivity index (χ0v) is 33.1. The van der Waals surface area contributed by atoms with Gasteiger partial charge in [0.1, 0.15) is 0 Å². The third kappa shape index (κ3) is 6.04. The van der Waals surface area contributed by atoms with E-state index in [4.69, 9.17) is 15.0 Å². The molecule has 12 rings (SSSR count). The van der Waals surface area contributed by atoms with Crippen molar-refractivity contribution in [2.45, 2.75) is 0 Å². The molecule has 2 heterocycles. The van der Waals surface area contributed by atoms with E-state index in [-0.39, 0.29) is 0 Å². The molecule has 0 fully saturated rings. The maximum atomic E-state index is 5.08. The zero-order valence-electron chi connectivity index (χ0n) is 33.1. The van der Waals surface area contributed by atoms with Gasteiger partial charge in [-0.05, 0) is 79.5 Å². The Morgan fingerprint density at radius 2 is 0.721 bits per heavy atom.